The molecule has 0 spiro atoms. The number of rotatable bonds is 12. The van der Waals surface area contributed by atoms with Crippen LogP contribution in [-0.4, -0.2) is 52.0 Å². The Morgan fingerprint density at radius 1 is 1.17 bits per heavy atom. The number of nitrogens with one attached hydrogen (secondary N) is 2. The third-order valence-corrected chi connectivity index (χ3v) is 3.76. The number of ether oxygens (including phenoxy) is 2. The molecule has 1 heterocycles. The first-order chi connectivity index (χ1) is 10.9. The van der Waals surface area contributed by atoms with Crippen molar-refractivity contribution in [1.29, 1.82) is 0 Å². The van der Waals surface area contributed by atoms with Crippen LogP contribution >= 0.6 is 24.0 Å². The SMILES string of the molecule is CCCCCCNC(=NCCCOCC1CCOC1)NCC.I. The molecule has 1 saturated heterocycles. The molecule has 23 heavy (non-hydrogen) atoms. The summed E-state index contributed by atoms with van der Waals surface area (Å²) in [6.07, 6.45) is 7.22. The molecule has 1 aliphatic heterocycles. The van der Waals surface area contributed by atoms with E-state index < -0.39 is 0 Å². The topological polar surface area (TPSA) is 54.9 Å². The Morgan fingerprint density at radius 3 is 2.74 bits per heavy atom. The molecular formula is C17H36IN3O2. The Bertz CT molecular complexity index is 285. The molecule has 1 aliphatic rings. The van der Waals surface area contributed by atoms with Gasteiger partial charge in [0.1, 0.15) is 0 Å². The van der Waals surface area contributed by atoms with Crippen molar-refractivity contribution in [3.8, 4) is 0 Å². The smallest absolute Gasteiger partial charge is 0.191 e. The zero-order valence-corrected chi connectivity index (χ0v) is 17.3. The van der Waals surface area contributed by atoms with Gasteiger partial charge in [0.15, 0.2) is 5.96 Å². The largest absolute Gasteiger partial charge is 0.381 e. The Morgan fingerprint density at radius 2 is 2.04 bits per heavy atom. The molecular weight excluding hydrogens is 405 g/mol. The van der Waals surface area contributed by atoms with Crippen molar-refractivity contribution in [2.24, 2.45) is 10.9 Å². The number of guanidine groups is 1. The summed E-state index contributed by atoms with van der Waals surface area (Å²) in [4.78, 5) is 4.59. The first kappa shape index (κ1) is 22.9. The number of nitrogens with zero attached hydrogens (tertiary/aromatic N) is 1. The van der Waals surface area contributed by atoms with Gasteiger partial charge in [-0.05, 0) is 26.2 Å². The van der Waals surface area contributed by atoms with Crippen molar-refractivity contribution < 1.29 is 9.47 Å². The van der Waals surface area contributed by atoms with Gasteiger partial charge in [-0.1, -0.05) is 26.2 Å². The molecule has 1 unspecified atom stereocenters. The Labute approximate surface area is 159 Å². The average Bonchev–Trinajstić information content (AvgIpc) is 3.03. The van der Waals surface area contributed by atoms with Crippen LogP contribution in [0.15, 0.2) is 4.99 Å². The van der Waals surface area contributed by atoms with E-state index in [2.05, 4.69) is 29.5 Å². The van der Waals surface area contributed by atoms with Crippen molar-refractivity contribution in [2.75, 3.05) is 46.1 Å². The lowest BCUT2D eigenvalue weighted by atomic mass is 10.1. The fourth-order valence-electron chi connectivity index (χ4n) is 2.42. The summed E-state index contributed by atoms with van der Waals surface area (Å²) in [5.74, 6) is 1.54. The van der Waals surface area contributed by atoms with Gasteiger partial charge in [-0.3, -0.25) is 4.99 Å². The predicted octanol–water partition coefficient (Wildman–Crippen LogP) is 3.18. The summed E-state index contributed by atoms with van der Waals surface area (Å²) in [5, 5.41) is 6.69. The molecule has 0 aliphatic carbocycles. The molecule has 5 nitrogen and oxygen atoms in total. The minimum atomic E-state index is 0. The molecule has 0 bridgehead atoms. The number of hydrogen-bond acceptors (Lipinski definition) is 3. The highest BCUT2D eigenvalue weighted by atomic mass is 127. The lowest BCUT2D eigenvalue weighted by molar-refractivity contribution is 0.0893. The predicted molar refractivity (Wildman–Crippen MR) is 108 cm³/mol. The van der Waals surface area contributed by atoms with Gasteiger partial charge < -0.3 is 20.1 Å². The second-order valence-electron chi connectivity index (χ2n) is 5.91. The van der Waals surface area contributed by atoms with Gasteiger partial charge in [0.25, 0.3) is 0 Å². The minimum absolute atomic E-state index is 0. The van der Waals surface area contributed by atoms with E-state index in [1.54, 1.807) is 0 Å². The summed E-state index contributed by atoms with van der Waals surface area (Å²) in [7, 11) is 0. The highest BCUT2D eigenvalue weighted by molar-refractivity contribution is 14.0. The van der Waals surface area contributed by atoms with Gasteiger partial charge in [0.2, 0.25) is 0 Å². The van der Waals surface area contributed by atoms with Crippen molar-refractivity contribution in [2.45, 2.75) is 52.4 Å². The lowest BCUT2D eigenvalue weighted by Gasteiger charge is -2.11. The van der Waals surface area contributed by atoms with Gasteiger partial charge in [-0.2, -0.15) is 0 Å². The second-order valence-corrected chi connectivity index (χ2v) is 5.91. The van der Waals surface area contributed by atoms with Crippen LogP contribution in [0.2, 0.25) is 0 Å². The van der Waals surface area contributed by atoms with E-state index in [1.165, 1.54) is 25.7 Å². The summed E-state index contributed by atoms with van der Waals surface area (Å²) in [6.45, 7) is 10.4. The van der Waals surface area contributed by atoms with Gasteiger partial charge >= 0.3 is 0 Å². The molecule has 0 amide bonds. The van der Waals surface area contributed by atoms with E-state index >= 15 is 0 Å². The molecule has 1 atom stereocenters. The third-order valence-electron chi connectivity index (χ3n) is 3.76. The van der Waals surface area contributed by atoms with Crippen molar-refractivity contribution in [3.63, 3.8) is 0 Å². The van der Waals surface area contributed by atoms with Gasteiger partial charge in [-0.25, -0.2) is 0 Å². The van der Waals surface area contributed by atoms with Gasteiger partial charge in [-0.15, -0.1) is 24.0 Å². The van der Waals surface area contributed by atoms with Gasteiger partial charge in [0, 0.05) is 38.8 Å². The maximum Gasteiger partial charge on any atom is 0.191 e. The van der Waals surface area contributed by atoms with Crippen LogP contribution in [0.25, 0.3) is 0 Å². The Kier molecular flexibility index (Phi) is 16.7. The summed E-state index contributed by atoms with van der Waals surface area (Å²) in [5.41, 5.74) is 0. The van der Waals surface area contributed by atoms with Crippen LogP contribution in [-0.2, 0) is 9.47 Å². The highest BCUT2D eigenvalue weighted by Gasteiger charge is 2.14. The Hall–Kier alpha value is -0.0800. The first-order valence-corrected chi connectivity index (χ1v) is 9.04. The van der Waals surface area contributed by atoms with E-state index in [-0.39, 0.29) is 24.0 Å². The van der Waals surface area contributed by atoms with E-state index in [9.17, 15) is 0 Å². The van der Waals surface area contributed by atoms with Crippen LogP contribution < -0.4 is 10.6 Å². The van der Waals surface area contributed by atoms with E-state index in [0.29, 0.717) is 5.92 Å². The maximum atomic E-state index is 5.69. The van der Waals surface area contributed by atoms with E-state index in [4.69, 9.17) is 9.47 Å². The molecule has 1 fully saturated rings. The fourth-order valence-corrected chi connectivity index (χ4v) is 2.42. The second kappa shape index (κ2) is 16.8. The maximum absolute atomic E-state index is 5.69. The van der Waals surface area contributed by atoms with Crippen molar-refractivity contribution >= 4 is 29.9 Å². The lowest BCUT2D eigenvalue weighted by Crippen LogP contribution is -2.37. The molecule has 1 rings (SSSR count). The van der Waals surface area contributed by atoms with Crippen LogP contribution in [0.4, 0.5) is 0 Å². The average molecular weight is 441 g/mol. The summed E-state index contributed by atoms with van der Waals surface area (Å²) in [6, 6.07) is 0. The third kappa shape index (κ3) is 12.9. The van der Waals surface area contributed by atoms with Crippen LogP contribution in [0.5, 0.6) is 0 Å². The highest BCUT2D eigenvalue weighted by Crippen LogP contribution is 2.12. The molecule has 0 aromatic heterocycles. The zero-order valence-electron chi connectivity index (χ0n) is 14.9. The Balaban J connectivity index is 0.00000484. The van der Waals surface area contributed by atoms with Crippen molar-refractivity contribution in [3.05, 3.63) is 0 Å². The summed E-state index contributed by atoms with van der Waals surface area (Å²) >= 11 is 0. The van der Waals surface area contributed by atoms with Crippen LogP contribution in [0, 0.1) is 5.92 Å². The monoisotopic (exact) mass is 441 g/mol. The minimum Gasteiger partial charge on any atom is -0.381 e. The quantitative estimate of drug-likeness (QED) is 0.212. The molecule has 0 saturated carbocycles. The van der Waals surface area contributed by atoms with E-state index in [1.807, 2.05) is 0 Å². The standard InChI is InChI=1S/C17H35N3O2.HI/c1-3-5-6-7-10-19-17(18-4-2)20-11-8-12-21-14-16-9-13-22-15-16;/h16H,3-15H2,1-2H3,(H2,18,19,20);1H. The number of halogens is 1. The fraction of sp³-hybridized carbons (Fsp3) is 0.941. The summed E-state index contributed by atoms with van der Waals surface area (Å²) < 4.78 is 11.0. The molecule has 0 radical (unpaired) electrons. The number of hydrogen-bond donors (Lipinski definition) is 2. The number of unbranched alkanes of at least 4 members (excludes halogenated alkanes) is 3. The van der Waals surface area contributed by atoms with Crippen molar-refractivity contribution in [1.82, 2.24) is 10.6 Å². The molecule has 0 aromatic rings. The zero-order chi connectivity index (χ0) is 15.9. The molecule has 6 heteroatoms. The first-order valence-electron chi connectivity index (χ1n) is 9.04. The van der Waals surface area contributed by atoms with E-state index in [0.717, 1.165) is 64.9 Å². The van der Waals surface area contributed by atoms with Crippen LogP contribution in [0.1, 0.15) is 52.4 Å². The molecule has 0 aromatic carbocycles. The normalized spacial score (nSPS) is 17.8. The molecule has 2 N–H and O–H groups in total. The van der Waals surface area contributed by atoms with Crippen LogP contribution in [0.3, 0.4) is 0 Å². The number of aliphatic imine (C=N–C) groups is 1. The van der Waals surface area contributed by atoms with Gasteiger partial charge in [0.05, 0.1) is 13.2 Å². The molecule has 138 valence electrons.